The Morgan fingerprint density at radius 3 is 2.62 bits per heavy atom. The number of nitrogens with zero attached hydrogens (tertiary/aromatic N) is 3. The maximum atomic E-state index is 12.8. The van der Waals surface area contributed by atoms with Crippen LogP contribution in [0.15, 0.2) is 35.5 Å². The van der Waals surface area contributed by atoms with Crippen molar-refractivity contribution >= 4 is 21.5 Å². The fourth-order valence-corrected chi connectivity index (χ4v) is 3.91. The van der Waals surface area contributed by atoms with Crippen LogP contribution in [0.5, 0.6) is 0 Å². The molecular formula is C14H15N3O3S. The molecule has 2 aromatic rings. The second-order valence-corrected chi connectivity index (χ2v) is 6.81. The Hall–Kier alpha value is -2.15. The third kappa shape index (κ3) is 2.13. The molecule has 1 aliphatic heterocycles. The molecule has 0 N–H and O–H groups in total. The average Bonchev–Trinajstić information content (AvgIpc) is 2.80. The van der Waals surface area contributed by atoms with Crippen molar-refractivity contribution in [3.63, 3.8) is 0 Å². The van der Waals surface area contributed by atoms with E-state index in [4.69, 9.17) is 0 Å². The number of fused-ring (bicyclic) bond motifs is 1. The van der Waals surface area contributed by atoms with Crippen molar-refractivity contribution in [2.75, 3.05) is 10.8 Å². The number of hydrogen-bond acceptors (Lipinski definition) is 4. The van der Waals surface area contributed by atoms with Crippen molar-refractivity contribution in [1.29, 1.82) is 0 Å². The minimum atomic E-state index is -3.75. The molecule has 1 aromatic carbocycles. The van der Waals surface area contributed by atoms with Crippen LogP contribution in [0.2, 0.25) is 0 Å². The first kappa shape index (κ1) is 13.8. The molecule has 0 amide bonds. The smallest absolute Gasteiger partial charge is 0.283 e. The van der Waals surface area contributed by atoms with E-state index in [0.717, 1.165) is 0 Å². The van der Waals surface area contributed by atoms with Gasteiger partial charge in [0.25, 0.3) is 10.0 Å². The van der Waals surface area contributed by atoms with Crippen molar-refractivity contribution < 1.29 is 13.2 Å². The van der Waals surface area contributed by atoms with Crippen LogP contribution in [0.3, 0.4) is 0 Å². The fraction of sp³-hybridized carbons (Fsp3) is 0.286. The number of rotatable bonds is 2. The molecule has 0 aliphatic carbocycles. The number of hydrogen-bond donors (Lipinski definition) is 0. The Bertz CT molecular complexity index is 804. The van der Waals surface area contributed by atoms with Gasteiger partial charge >= 0.3 is 0 Å². The van der Waals surface area contributed by atoms with Gasteiger partial charge in [-0.2, -0.15) is 8.42 Å². The number of imidazole rings is 1. The largest absolute Gasteiger partial charge is 0.337 e. The lowest BCUT2D eigenvalue weighted by molar-refractivity contribution is 0.0982. The summed E-state index contributed by atoms with van der Waals surface area (Å²) in [6.45, 7) is 1.89. The van der Waals surface area contributed by atoms with Crippen molar-refractivity contribution in [2.45, 2.75) is 18.4 Å². The maximum absolute atomic E-state index is 12.8. The van der Waals surface area contributed by atoms with E-state index < -0.39 is 10.0 Å². The molecule has 0 unspecified atom stereocenters. The summed E-state index contributed by atoms with van der Waals surface area (Å²) in [6, 6.07) is 6.77. The summed E-state index contributed by atoms with van der Waals surface area (Å²) in [7, 11) is -2.01. The molecule has 21 heavy (non-hydrogen) atoms. The number of aromatic nitrogens is 2. The molecule has 0 bridgehead atoms. The number of Topliss-reactive ketones (excluding diaryl/α,β-unsaturated/α-hetero) is 1. The highest BCUT2D eigenvalue weighted by molar-refractivity contribution is 7.92. The van der Waals surface area contributed by atoms with Crippen LogP contribution in [-0.2, 0) is 17.1 Å². The SMILES string of the molecule is Cc1nc(S(=O)(=O)N2CCC(=O)c3ccccc32)cn1C. The van der Waals surface area contributed by atoms with Crippen molar-refractivity contribution in [1.82, 2.24) is 9.55 Å². The number of sulfonamides is 1. The number of carbonyl (C=O) groups is 1. The lowest BCUT2D eigenvalue weighted by Gasteiger charge is -2.28. The second kappa shape index (κ2) is 4.70. The minimum absolute atomic E-state index is 0.00616. The van der Waals surface area contributed by atoms with Crippen LogP contribution in [0.1, 0.15) is 22.6 Å². The van der Waals surface area contributed by atoms with Gasteiger partial charge in [-0.15, -0.1) is 0 Å². The zero-order chi connectivity index (χ0) is 15.2. The van der Waals surface area contributed by atoms with E-state index in [-0.39, 0.29) is 23.8 Å². The summed E-state index contributed by atoms with van der Waals surface area (Å²) in [5, 5.41) is 0.00616. The Kier molecular flexibility index (Phi) is 3.09. The highest BCUT2D eigenvalue weighted by Crippen LogP contribution is 2.31. The molecule has 1 aromatic heterocycles. The monoisotopic (exact) mass is 305 g/mol. The summed E-state index contributed by atoms with van der Waals surface area (Å²) in [4.78, 5) is 16.0. The van der Waals surface area contributed by atoms with Crippen LogP contribution in [0, 0.1) is 6.92 Å². The van der Waals surface area contributed by atoms with Crippen molar-refractivity contribution in [3.8, 4) is 0 Å². The molecule has 6 nitrogen and oxygen atoms in total. The maximum Gasteiger partial charge on any atom is 0.283 e. The molecule has 0 fully saturated rings. The van der Waals surface area contributed by atoms with E-state index in [1.807, 2.05) is 0 Å². The van der Waals surface area contributed by atoms with Gasteiger partial charge in [0.1, 0.15) is 5.82 Å². The highest BCUT2D eigenvalue weighted by atomic mass is 32.2. The average molecular weight is 305 g/mol. The summed E-state index contributed by atoms with van der Waals surface area (Å²) < 4.78 is 28.5. The summed E-state index contributed by atoms with van der Waals surface area (Å²) >= 11 is 0. The molecule has 3 rings (SSSR count). The fourth-order valence-electron chi connectivity index (χ4n) is 2.40. The van der Waals surface area contributed by atoms with Crippen molar-refractivity contribution in [3.05, 3.63) is 41.9 Å². The summed E-state index contributed by atoms with van der Waals surface area (Å²) in [6.07, 6.45) is 1.67. The van der Waals surface area contributed by atoms with Gasteiger partial charge in [0.15, 0.2) is 10.8 Å². The first-order valence-electron chi connectivity index (χ1n) is 6.56. The number of ketones is 1. The molecule has 0 saturated heterocycles. The summed E-state index contributed by atoms with van der Waals surface area (Å²) in [5.74, 6) is 0.587. The molecule has 110 valence electrons. The molecule has 1 aliphatic rings. The first-order chi connectivity index (χ1) is 9.91. The predicted octanol–water partition coefficient (Wildman–Crippen LogP) is 1.51. The number of benzene rings is 1. The van der Waals surface area contributed by atoms with Crippen LogP contribution < -0.4 is 4.31 Å². The topological polar surface area (TPSA) is 72.3 Å². The Morgan fingerprint density at radius 1 is 1.24 bits per heavy atom. The van der Waals surface area contributed by atoms with E-state index >= 15 is 0 Å². The third-order valence-corrected chi connectivity index (χ3v) is 5.34. The molecule has 0 spiro atoms. The predicted molar refractivity (Wildman–Crippen MR) is 77.9 cm³/mol. The number of para-hydroxylation sites is 1. The lowest BCUT2D eigenvalue weighted by Crippen LogP contribution is -2.37. The van der Waals surface area contributed by atoms with Crippen LogP contribution in [-0.4, -0.2) is 30.3 Å². The molecule has 0 atom stereocenters. The van der Waals surface area contributed by atoms with E-state index in [9.17, 15) is 13.2 Å². The lowest BCUT2D eigenvalue weighted by atomic mass is 10.0. The van der Waals surface area contributed by atoms with E-state index in [2.05, 4.69) is 4.98 Å². The van der Waals surface area contributed by atoms with E-state index in [0.29, 0.717) is 17.1 Å². The minimum Gasteiger partial charge on any atom is -0.337 e. The van der Waals surface area contributed by atoms with Gasteiger partial charge in [-0.25, -0.2) is 4.98 Å². The van der Waals surface area contributed by atoms with E-state index in [1.54, 1.807) is 42.8 Å². The number of anilines is 1. The van der Waals surface area contributed by atoms with Crippen LogP contribution in [0.4, 0.5) is 5.69 Å². The molecular weight excluding hydrogens is 290 g/mol. The second-order valence-electron chi connectivity index (χ2n) is 5.00. The van der Waals surface area contributed by atoms with E-state index in [1.165, 1.54) is 10.5 Å². The third-order valence-electron chi connectivity index (χ3n) is 3.66. The Morgan fingerprint density at radius 2 is 1.95 bits per heavy atom. The van der Waals surface area contributed by atoms with Gasteiger partial charge in [0.2, 0.25) is 0 Å². The quantitative estimate of drug-likeness (QED) is 0.843. The number of aryl methyl sites for hydroxylation is 2. The van der Waals surface area contributed by atoms with Gasteiger partial charge in [-0.3, -0.25) is 9.10 Å². The normalized spacial score (nSPS) is 15.1. The van der Waals surface area contributed by atoms with Gasteiger partial charge < -0.3 is 4.57 Å². The van der Waals surface area contributed by atoms with Crippen LogP contribution in [0.25, 0.3) is 0 Å². The molecule has 2 heterocycles. The Labute approximate surface area is 123 Å². The molecule has 7 heteroatoms. The van der Waals surface area contributed by atoms with Crippen LogP contribution >= 0.6 is 0 Å². The molecule has 0 radical (unpaired) electrons. The van der Waals surface area contributed by atoms with Crippen molar-refractivity contribution in [2.24, 2.45) is 7.05 Å². The Balaban J connectivity index is 2.12. The molecule has 0 saturated carbocycles. The van der Waals surface area contributed by atoms with Gasteiger partial charge in [0.05, 0.1) is 5.69 Å². The summed E-state index contributed by atoms with van der Waals surface area (Å²) in [5.41, 5.74) is 0.872. The zero-order valence-electron chi connectivity index (χ0n) is 11.8. The van der Waals surface area contributed by atoms with Gasteiger partial charge in [0, 0.05) is 31.8 Å². The standard InChI is InChI=1S/C14H15N3O3S/c1-10-15-14(9-16(10)2)21(19,20)17-8-7-13(18)11-5-3-4-6-12(11)17/h3-6,9H,7-8H2,1-2H3. The van der Waals surface area contributed by atoms with Gasteiger partial charge in [-0.1, -0.05) is 12.1 Å². The highest BCUT2D eigenvalue weighted by Gasteiger charge is 2.33. The van der Waals surface area contributed by atoms with Gasteiger partial charge in [-0.05, 0) is 19.1 Å². The first-order valence-corrected chi connectivity index (χ1v) is 8.00. The zero-order valence-corrected chi connectivity index (χ0v) is 12.6. The number of carbonyl (C=O) groups excluding carboxylic acids is 1.